The lowest BCUT2D eigenvalue weighted by atomic mass is 10.1. The van der Waals surface area contributed by atoms with E-state index >= 15 is 0 Å². The predicted octanol–water partition coefficient (Wildman–Crippen LogP) is 3.02. The molecule has 0 aliphatic rings. The highest BCUT2D eigenvalue weighted by Crippen LogP contribution is 2.31. The minimum Gasteiger partial charge on any atom is -0.450 e. The number of halogens is 4. The largest absolute Gasteiger partial charge is 0.450 e. The molecule has 1 aromatic rings. The first-order valence-electron chi connectivity index (χ1n) is 6.15. The molecule has 23 heavy (non-hydrogen) atoms. The van der Waals surface area contributed by atoms with Crippen LogP contribution in [0.5, 0.6) is 0 Å². The highest BCUT2D eigenvalue weighted by atomic mass is 19.4. The van der Waals surface area contributed by atoms with E-state index in [2.05, 4.69) is 4.74 Å². The SMILES string of the molecule is CCOC(=O)NC(=O)/C(C#N)=C/c1ccc(C(F)(F)F)c(F)c1. The summed E-state index contributed by atoms with van der Waals surface area (Å²) in [6.07, 6.45) is -5.10. The normalized spacial score (nSPS) is 11.6. The van der Waals surface area contributed by atoms with E-state index in [1.807, 2.05) is 0 Å². The maximum absolute atomic E-state index is 13.4. The number of ether oxygens (including phenoxy) is 1. The minimum absolute atomic E-state index is 0.00513. The number of nitrogens with zero attached hydrogens (tertiary/aromatic N) is 1. The van der Waals surface area contributed by atoms with Gasteiger partial charge in [-0.2, -0.15) is 18.4 Å². The smallest absolute Gasteiger partial charge is 0.419 e. The van der Waals surface area contributed by atoms with Crippen molar-refractivity contribution in [1.29, 1.82) is 5.26 Å². The second kappa shape index (κ2) is 7.40. The molecule has 0 spiro atoms. The van der Waals surface area contributed by atoms with Crippen LogP contribution in [-0.4, -0.2) is 18.6 Å². The van der Waals surface area contributed by atoms with Crippen LogP contribution in [0.1, 0.15) is 18.1 Å². The fourth-order valence-corrected chi connectivity index (χ4v) is 1.49. The zero-order chi connectivity index (χ0) is 17.6. The third kappa shape index (κ3) is 5.10. The third-order valence-corrected chi connectivity index (χ3v) is 2.47. The van der Waals surface area contributed by atoms with Crippen LogP contribution >= 0.6 is 0 Å². The van der Waals surface area contributed by atoms with Gasteiger partial charge in [0.1, 0.15) is 17.5 Å². The lowest BCUT2D eigenvalue weighted by Gasteiger charge is -2.08. The molecule has 0 aliphatic heterocycles. The van der Waals surface area contributed by atoms with Crippen LogP contribution in [0.2, 0.25) is 0 Å². The van der Waals surface area contributed by atoms with Gasteiger partial charge in [0, 0.05) is 0 Å². The number of rotatable bonds is 3. The minimum atomic E-state index is -4.86. The highest BCUT2D eigenvalue weighted by Gasteiger charge is 2.33. The Morgan fingerprint density at radius 1 is 1.39 bits per heavy atom. The van der Waals surface area contributed by atoms with E-state index in [4.69, 9.17) is 5.26 Å². The zero-order valence-corrected chi connectivity index (χ0v) is 11.7. The van der Waals surface area contributed by atoms with Crippen molar-refractivity contribution in [1.82, 2.24) is 5.32 Å². The number of amides is 2. The molecule has 0 atom stereocenters. The number of carbonyl (C=O) groups excluding carboxylic acids is 2. The van der Waals surface area contributed by atoms with Gasteiger partial charge in [-0.15, -0.1) is 0 Å². The maximum Gasteiger partial charge on any atom is 0.419 e. The van der Waals surface area contributed by atoms with Crippen LogP contribution in [0, 0.1) is 17.1 Å². The number of nitriles is 1. The van der Waals surface area contributed by atoms with Crippen LogP contribution in [0.3, 0.4) is 0 Å². The predicted molar refractivity (Wildman–Crippen MR) is 70.2 cm³/mol. The van der Waals surface area contributed by atoms with E-state index in [0.717, 1.165) is 12.1 Å². The molecule has 0 aromatic heterocycles. The Morgan fingerprint density at radius 3 is 2.52 bits per heavy atom. The summed E-state index contributed by atoms with van der Waals surface area (Å²) in [4.78, 5) is 22.7. The lowest BCUT2D eigenvalue weighted by molar-refractivity contribution is -0.140. The Balaban J connectivity index is 3.04. The first-order chi connectivity index (χ1) is 10.7. The Kier molecular flexibility index (Phi) is 5.84. The molecule has 0 saturated heterocycles. The fourth-order valence-electron chi connectivity index (χ4n) is 1.49. The van der Waals surface area contributed by atoms with Crippen molar-refractivity contribution >= 4 is 18.1 Å². The van der Waals surface area contributed by atoms with Crippen LogP contribution in [-0.2, 0) is 15.7 Å². The van der Waals surface area contributed by atoms with E-state index in [1.54, 1.807) is 5.32 Å². The van der Waals surface area contributed by atoms with Gasteiger partial charge < -0.3 is 4.74 Å². The van der Waals surface area contributed by atoms with Gasteiger partial charge in [-0.25, -0.2) is 9.18 Å². The summed E-state index contributed by atoms with van der Waals surface area (Å²) in [5.74, 6) is -2.67. The lowest BCUT2D eigenvalue weighted by Crippen LogP contribution is -2.31. The maximum atomic E-state index is 13.4. The zero-order valence-electron chi connectivity index (χ0n) is 11.7. The Labute approximate surface area is 128 Å². The van der Waals surface area contributed by atoms with Gasteiger partial charge in [-0.05, 0) is 30.7 Å². The molecule has 0 heterocycles. The van der Waals surface area contributed by atoms with Gasteiger partial charge in [0.2, 0.25) is 0 Å². The van der Waals surface area contributed by atoms with Gasteiger partial charge >= 0.3 is 12.3 Å². The summed E-state index contributed by atoms with van der Waals surface area (Å²) in [7, 11) is 0. The molecule has 0 aliphatic carbocycles. The third-order valence-electron chi connectivity index (χ3n) is 2.47. The number of alkyl carbamates (subject to hydrolysis) is 1. The van der Waals surface area contributed by atoms with Gasteiger partial charge in [-0.1, -0.05) is 6.07 Å². The van der Waals surface area contributed by atoms with Crippen molar-refractivity contribution in [3.63, 3.8) is 0 Å². The average molecular weight is 330 g/mol. The van der Waals surface area contributed by atoms with Crippen LogP contribution in [0.15, 0.2) is 23.8 Å². The van der Waals surface area contributed by atoms with Crippen molar-refractivity contribution in [2.45, 2.75) is 13.1 Å². The Bertz CT molecular complexity index is 690. The molecular formula is C14H10F4N2O3. The molecule has 0 bridgehead atoms. The van der Waals surface area contributed by atoms with Crippen LogP contribution < -0.4 is 5.32 Å². The molecule has 0 radical (unpaired) electrons. The molecule has 0 fully saturated rings. The summed E-state index contributed by atoms with van der Waals surface area (Å²) >= 11 is 0. The standard InChI is InChI=1S/C14H10F4N2O3/c1-2-23-13(22)20-12(21)9(7-19)5-8-3-4-10(11(15)6-8)14(16,17)18/h3-6H,2H2,1H3,(H,20,21,22)/b9-5+. The summed E-state index contributed by atoms with van der Waals surface area (Å²) in [6.45, 7) is 1.49. The topological polar surface area (TPSA) is 79.2 Å². The van der Waals surface area contributed by atoms with Gasteiger partial charge in [0.05, 0.1) is 12.2 Å². The van der Waals surface area contributed by atoms with Crippen LogP contribution in [0.25, 0.3) is 6.08 Å². The molecule has 0 unspecified atom stereocenters. The molecule has 122 valence electrons. The van der Waals surface area contributed by atoms with E-state index in [1.165, 1.54) is 13.0 Å². The average Bonchev–Trinajstić information content (AvgIpc) is 2.43. The van der Waals surface area contributed by atoms with E-state index < -0.39 is 35.1 Å². The summed E-state index contributed by atoms with van der Waals surface area (Å²) in [5, 5.41) is 10.6. The number of imide groups is 1. The summed E-state index contributed by atoms with van der Waals surface area (Å²) < 4.78 is 55.1. The second-order valence-corrected chi connectivity index (χ2v) is 4.08. The molecule has 1 rings (SSSR count). The Morgan fingerprint density at radius 2 is 2.04 bits per heavy atom. The van der Waals surface area contributed by atoms with Gasteiger partial charge in [0.15, 0.2) is 0 Å². The molecule has 2 amide bonds. The van der Waals surface area contributed by atoms with Crippen molar-refractivity contribution < 1.29 is 31.9 Å². The van der Waals surface area contributed by atoms with Gasteiger partial charge in [-0.3, -0.25) is 10.1 Å². The van der Waals surface area contributed by atoms with Crippen LogP contribution in [0.4, 0.5) is 22.4 Å². The number of hydrogen-bond acceptors (Lipinski definition) is 4. The molecule has 9 heteroatoms. The summed E-state index contributed by atoms with van der Waals surface area (Å²) in [5.41, 5.74) is -2.22. The van der Waals surface area contributed by atoms with E-state index in [-0.39, 0.29) is 12.2 Å². The second-order valence-electron chi connectivity index (χ2n) is 4.08. The van der Waals surface area contributed by atoms with Crippen molar-refractivity contribution in [3.05, 3.63) is 40.7 Å². The summed E-state index contributed by atoms with van der Waals surface area (Å²) in [6, 6.07) is 3.36. The molecular weight excluding hydrogens is 320 g/mol. The molecule has 1 aromatic carbocycles. The number of carbonyl (C=O) groups is 2. The number of hydrogen-bond donors (Lipinski definition) is 1. The molecule has 1 N–H and O–H groups in total. The van der Waals surface area contributed by atoms with Gasteiger partial charge in [0.25, 0.3) is 5.91 Å². The number of alkyl halides is 3. The number of nitrogens with one attached hydrogen (secondary N) is 1. The van der Waals surface area contributed by atoms with Crippen molar-refractivity contribution in [2.24, 2.45) is 0 Å². The molecule has 5 nitrogen and oxygen atoms in total. The van der Waals surface area contributed by atoms with E-state index in [0.29, 0.717) is 12.1 Å². The fraction of sp³-hybridized carbons (Fsp3) is 0.214. The van der Waals surface area contributed by atoms with Crippen molar-refractivity contribution in [2.75, 3.05) is 6.61 Å². The number of benzene rings is 1. The van der Waals surface area contributed by atoms with E-state index in [9.17, 15) is 27.2 Å². The molecule has 0 saturated carbocycles. The van der Waals surface area contributed by atoms with Crippen molar-refractivity contribution in [3.8, 4) is 6.07 Å². The first-order valence-corrected chi connectivity index (χ1v) is 6.15. The monoisotopic (exact) mass is 330 g/mol. The quantitative estimate of drug-likeness (QED) is 0.525. The highest BCUT2D eigenvalue weighted by molar-refractivity contribution is 6.07. The first kappa shape index (κ1) is 18.2. The Hall–Kier alpha value is -2.89.